The van der Waals surface area contributed by atoms with Crippen molar-refractivity contribution in [3.63, 3.8) is 0 Å². The van der Waals surface area contributed by atoms with Crippen molar-refractivity contribution in [2.45, 2.75) is 52.0 Å². The maximum Gasteiger partial charge on any atom is 0.254 e. The molecule has 1 aliphatic carbocycles. The molecule has 34 heavy (non-hydrogen) atoms. The highest BCUT2D eigenvalue weighted by Gasteiger charge is 2.27. The number of nitrogens with zero attached hydrogens (tertiary/aromatic N) is 4. The van der Waals surface area contributed by atoms with E-state index in [1.807, 2.05) is 43.2 Å². The van der Waals surface area contributed by atoms with Gasteiger partial charge in [0.1, 0.15) is 0 Å². The van der Waals surface area contributed by atoms with E-state index < -0.39 is 6.04 Å². The molecule has 6 heteroatoms. The summed E-state index contributed by atoms with van der Waals surface area (Å²) in [5, 5.41) is 10.3. The Hall–Kier alpha value is -3.51. The first-order valence-corrected chi connectivity index (χ1v) is 11.8. The Labute approximate surface area is 199 Å². The second-order valence-corrected chi connectivity index (χ2v) is 9.50. The number of imidazole rings is 1. The maximum absolute atomic E-state index is 13.6. The second kappa shape index (κ2) is 9.03. The van der Waals surface area contributed by atoms with Crippen molar-refractivity contribution in [3.8, 4) is 5.69 Å². The summed E-state index contributed by atoms with van der Waals surface area (Å²) in [6, 6.07) is 9.92. The number of pyridine rings is 2. The zero-order chi connectivity index (χ0) is 23.8. The van der Waals surface area contributed by atoms with Gasteiger partial charge in [0.2, 0.25) is 0 Å². The van der Waals surface area contributed by atoms with Crippen molar-refractivity contribution in [1.29, 1.82) is 0 Å². The monoisotopic (exact) mass is 454 g/mol. The molecular weight excluding hydrogens is 424 g/mol. The predicted molar refractivity (Wildman–Crippen MR) is 133 cm³/mol. The lowest BCUT2D eigenvalue weighted by molar-refractivity contribution is 0.246. The second-order valence-electron chi connectivity index (χ2n) is 9.50. The van der Waals surface area contributed by atoms with E-state index in [-0.39, 0.29) is 12.2 Å². The van der Waals surface area contributed by atoms with Crippen molar-refractivity contribution >= 4 is 0 Å². The summed E-state index contributed by atoms with van der Waals surface area (Å²) in [5.41, 5.74) is 8.01. The Bertz CT molecular complexity index is 1400. The van der Waals surface area contributed by atoms with E-state index in [1.54, 1.807) is 17.0 Å². The number of aliphatic hydroxyl groups is 1. The molecule has 3 heterocycles. The quantitative estimate of drug-likeness (QED) is 0.449. The molecule has 6 nitrogen and oxygen atoms in total. The lowest BCUT2D eigenvalue weighted by atomic mass is 10.00. The average Bonchev–Trinajstić information content (AvgIpc) is 3.57. The zero-order valence-electron chi connectivity index (χ0n) is 19.9. The minimum Gasteiger partial charge on any atom is -0.394 e. The fraction of sp³-hybridized carbons (Fsp3) is 0.321. The first-order chi connectivity index (χ1) is 16.4. The molecule has 1 fully saturated rings. The van der Waals surface area contributed by atoms with E-state index in [9.17, 15) is 9.90 Å². The molecule has 1 aromatic carbocycles. The van der Waals surface area contributed by atoms with Gasteiger partial charge in [-0.25, -0.2) is 4.98 Å². The number of hydrogen-bond acceptors (Lipinski definition) is 4. The highest BCUT2D eigenvalue weighted by Crippen LogP contribution is 2.40. The molecular formula is C28H30N4O2. The van der Waals surface area contributed by atoms with Crippen molar-refractivity contribution in [2.24, 2.45) is 0 Å². The number of benzene rings is 1. The fourth-order valence-corrected chi connectivity index (χ4v) is 4.69. The third-order valence-electron chi connectivity index (χ3n) is 6.62. The topological polar surface area (TPSA) is 72.9 Å². The minimum absolute atomic E-state index is 0.0584. The van der Waals surface area contributed by atoms with Gasteiger partial charge in [-0.3, -0.25) is 9.78 Å². The van der Waals surface area contributed by atoms with Gasteiger partial charge >= 0.3 is 0 Å². The van der Waals surface area contributed by atoms with Gasteiger partial charge in [-0.05, 0) is 79.5 Å². The van der Waals surface area contributed by atoms with Crippen LogP contribution in [0.5, 0.6) is 0 Å². The molecule has 1 N–H and O–H groups in total. The van der Waals surface area contributed by atoms with E-state index >= 15 is 0 Å². The number of aliphatic hydroxyl groups excluding tert-OH is 1. The highest BCUT2D eigenvalue weighted by molar-refractivity contribution is 5.44. The van der Waals surface area contributed by atoms with Gasteiger partial charge in [0.15, 0.2) is 0 Å². The van der Waals surface area contributed by atoms with Crippen LogP contribution < -0.4 is 5.56 Å². The molecule has 0 aliphatic heterocycles. The van der Waals surface area contributed by atoms with Gasteiger partial charge in [-0.2, -0.15) is 0 Å². The van der Waals surface area contributed by atoms with Crippen LogP contribution in [-0.2, 0) is 6.42 Å². The minimum atomic E-state index is -0.453. The van der Waals surface area contributed by atoms with Gasteiger partial charge < -0.3 is 14.2 Å². The van der Waals surface area contributed by atoms with Crippen LogP contribution in [0.15, 0.2) is 66.2 Å². The first kappa shape index (κ1) is 22.3. The first-order valence-electron chi connectivity index (χ1n) is 11.8. The third-order valence-corrected chi connectivity index (χ3v) is 6.62. The van der Waals surface area contributed by atoms with Crippen LogP contribution in [-0.4, -0.2) is 30.8 Å². The molecule has 0 bridgehead atoms. The van der Waals surface area contributed by atoms with Crippen LogP contribution in [0.4, 0.5) is 0 Å². The Kier molecular flexibility index (Phi) is 5.92. The lowest BCUT2D eigenvalue weighted by Crippen LogP contribution is -2.30. The summed E-state index contributed by atoms with van der Waals surface area (Å²) in [6.07, 6.45) is 12.1. The normalized spacial score (nSPS) is 14.4. The van der Waals surface area contributed by atoms with Crippen molar-refractivity contribution in [1.82, 2.24) is 19.1 Å². The predicted octanol–water partition coefficient (Wildman–Crippen LogP) is 4.40. The number of aryl methyl sites for hydroxylation is 3. The van der Waals surface area contributed by atoms with E-state index in [1.165, 1.54) is 5.56 Å². The standard InChI is InChI=1S/C28H30N4O2/c1-18-8-24(13-29-12-18)27(16-33)32-15-25(22-5-6-22)11-23(28(32)34)10-21-4-7-26(19(2)9-21)31-14-20(3)30-17-31/h4,7-9,11-15,17,22,27,33H,5-6,10,16H2,1-3H3/t27-/m0/s1. The Morgan fingerprint density at radius 1 is 1.09 bits per heavy atom. The van der Waals surface area contributed by atoms with Crippen molar-refractivity contribution in [3.05, 3.63) is 111 Å². The summed E-state index contributed by atoms with van der Waals surface area (Å²) < 4.78 is 3.74. The maximum atomic E-state index is 13.6. The number of aromatic nitrogens is 4. The highest BCUT2D eigenvalue weighted by atomic mass is 16.3. The molecule has 0 amide bonds. The molecule has 1 atom stereocenters. The van der Waals surface area contributed by atoms with Crippen molar-refractivity contribution < 1.29 is 5.11 Å². The molecule has 0 unspecified atom stereocenters. The Morgan fingerprint density at radius 2 is 1.91 bits per heavy atom. The summed E-state index contributed by atoms with van der Waals surface area (Å²) in [4.78, 5) is 22.2. The molecule has 4 aromatic rings. The van der Waals surface area contributed by atoms with E-state index in [0.29, 0.717) is 12.3 Å². The van der Waals surface area contributed by atoms with Gasteiger partial charge in [0.05, 0.1) is 24.7 Å². The molecule has 5 rings (SSSR count). The molecule has 0 saturated heterocycles. The molecule has 1 aliphatic rings. The molecule has 3 aromatic heterocycles. The Balaban J connectivity index is 1.52. The van der Waals surface area contributed by atoms with Crippen LogP contribution in [0, 0.1) is 20.8 Å². The summed E-state index contributed by atoms with van der Waals surface area (Å²) in [6.45, 7) is 5.87. The SMILES string of the molecule is Cc1cncc([C@H](CO)n2cc(C3CC3)cc(Cc3ccc(-n4cnc(C)c4)c(C)c3)c2=O)c1. The van der Waals surface area contributed by atoms with Gasteiger partial charge in [-0.1, -0.05) is 18.2 Å². The summed E-state index contributed by atoms with van der Waals surface area (Å²) in [5.74, 6) is 0.495. The van der Waals surface area contributed by atoms with Crippen molar-refractivity contribution in [2.75, 3.05) is 6.61 Å². The van der Waals surface area contributed by atoms with Crippen LogP contribution in [0.25, 0.3) is 5.69 Å². The lowest BCUT2D eigenvalue weighted by Gasteiger charge is -2.21. The number of hydrogen-bond donors (Lipinski definition) is 1. The van der Waals surface area contributed by atoms with Gasteiger partial charge in [0.25, 0.3) is 5.56 Å². The smallest absolute Gasteiger partial charge is 0.254 e. The van der Waals surface area contributed by atoms with Crippen LogP contribution >= 0.6 is 0 Å². The molecule has 0 radical (unpaired) electrons. The van der Waals surface area contributed by atoms with Crippen LogP contribution in [0.2, 0.25) is 0 Å². The van der Waals surface area contributed by atoms with Gasteiger partial charge in [0, 0.05) is 42.5 Å². The largest absolute Gasteiger partial charge is 0.394 e. The molecule has 1 saturated carbocycles. The zero-order valence-corrected chi connectivity index (χ0v) is 19.9. The molecule has 0 spiro atoms. The number of rotatable bonds is 7. The average molecular weight is 455 g/mol. The molecule has 174 valence electrons. The van der Waals surface area contributed by atoms with E-state index in [2.05, 4.69) is 41.2 Å². The third kappa shape index (κ3) is 4.46. The summed E-state index contributed by atoms with van der Waals surface area (Å²) in [7, 11) is 0. The summed E-state index contributed by atoms with van der Waals surface area (Å²) >= 11 is 0. The van der Waals surface area contributed by atoms with E-state index in [4.69, 9.17) is 0 Å². The van der Waals surface area contributed by atoms with Gasteiger partial charge in [-0.15, -0.1) is 0 Å². The fourth-order valence-electron chi connectivity index (χ4n) is 4.69. The Morgan fingerprint density at radius 3 is 2.56 bits per heavy atom. The van der Waals surface area contributed by atoms with Crippen LogP contribution in [0.1, 0.15) is 63.9 Å². The van der Waals surface area contributed by atoms with Crippen LogP contribution in [0.3, 0.4) is 0 Å². The van der Waals surface area contributed by atoms with E-state index in [0.717, 1.165) is 52.0 Å².